The maximum absolute atomic E-state index is 12.1. The number of carboxylic acid groups (broad SMARTS) is 1. The summed E-state index contributed by atoms with van der Waals surface area (Å²) in [5.74, 6) is -1.17. The number of rotatable bonds is 5. The Bertz CT molecular complexity index is 492. The van der Waals surface area contributed by atoms with Crippen molar-refractivity contribution in [2.24, 2.45) is 5.41 Å². The van der Waals surface area contributed by atoms with Gasteiger partial charge in [-0.3, -0.25) is 14.6 Å². The Morgan fingerprint density at radius 3 is 2.55 bits per heavy atom. The molecule has 1 rings (SSSR count). The minimum Gasteiger partial charge on any atom is -0.481 e. The fraction of sp³-hybridized carbons (Fsp3) is 0.533. The molecule has 110 valence electrons. The van der Waals surface area contributed by atoms with Crippen LogP contribution in [0.25, 0.3) is 0 Å². The topological polar surface area (TPSA) is 79.3 Å². The predicted octanol–water partition coefficient (Wildman–Crippen LogP) is 2.40. The highest BCUT2D eigenvalue weighted by Gasteiger charge is 2.23. The average molecular weight is 278 g/mol. The Kier molecular flexibility index (Phi) is 5.25. The normalized spacial score (nSPS) is 12.8. The van der Waals surface area contributed by atoms with E-state index in [9.17, 15) is 9.59 Å². The number of carbonyl (C=O) groups excluding carboxylic acids is 1. The molecule has 0 bridgehead atoms. The van der Waals surface area contributed by atoms with Crippen LogP contribution in [0.1, 0.15) is 49.7 Å². The van der Waals surface area contributed by atoms with Crippen LogP contribution in [0.3, 0.4) is 0 Å². The summed E-state index contributed by atoms with van der Waals surface area (Å²) in [6.45, 7) is 7.86. The van der Waals surface area contributed by atoms with Crippen LogP contribution in [-0.2, 0) is 4.79 Å². The van der Waals surface area contributed by atoms with Crippen molar-refractivity contribution in [1.29, 1.82) is 0 Å². The zero-order valence-electron chi connectivity index (χ0n) is 12.4. The van der Waals surface area contributed by atoms with Gasteiger partial charge in [0.15, 0.2) is 0 Å². The Balaban J connectivity index is 2.78. The lowest BCUT2D eigenvalue weighted by Crippen LogP contribution is -2.39. The quantitative estimate of drug-likeness (QED) is 0.866. The molecule has 1 aromatic heterocycles. The summed E-state index contributed by atoms with van der Waals surface area (Å²) in [5.41, 5.74) is 1.20. The lowest BCUT2D eigenvalue weighted by Gasteiger charge is -2.25. The highest BCUT2D eigenvalue weighted by molar-refractivity contribution is 5.94. The lowest BCUT2D eigenvalue weighted by molar-refractivity contribution is -0.137. The number of carboxylic acids is 1. The van der Waals surface area contributed by atoms with Gasteiger partial charge in [0.05, 0.1) is 6.42 Å². The van der Waals surface area contributed by atoms with Crippen molar-refractivity contribution < 1.29 is 14.7 Å². The summed E-state index contributed by atoms with van der Waals surface area (Å²) in [6.07, 6.45) is 2.10. The van der Waals surface area contributed by atoms with Crippen molar-refractivity contribution >= 4 is 11.9 Å². The number of carbonyl (C=O) groups is 2. The maximum atomic E-state index is 12.1. The van der Waals surface area contributed by atoms with E-state index in [0.29, 0.717) is 12.0 Å². The van der Waals surface area contributed by atoms with Crippen LogP contribution in [0, 0.1) is 12.3 Å². The van der Waals surface area contributed by atoms with E-state index in [1.807, 2.05) is 20.8 Å². The Labute approximate surface area is 119 Å². The summed E-state index contributed by atoms with van der Waals surface area (Å²) in [5, 5.41) is 11.7. The average Bonchev–Trinajstić information content (AvgIpc) is 2.25. The van der Waals surface area contributed by atoms with Crippen molar-refractivity contribution in [2.75, 3.05) is 0 Å². The lowest BCUT2D eigenvalue weighted by atomic mass is 9.87. The first-order valence-corrected chi connectivity index (χ1v) is 6.63. The molecule has 0 fully saturated rings. The first kappa shape index (κ1) is 16.1. The molecule has 0 aromatic carbocycles. The van der Waals surface area contributed by atoms with E-state index in [0.717, 1.165) is 5.69 Å². The van der Waals surface area contributed by atoms with Crippen LogP contribution in [0.4, 0.5) is 0 Å². The van der Waals surface area contributed by atoms with E-state index in [2.05, 4.69) is 10.3 Å². The van der Waals surface area contributed by atoms with E-state index in [1.165, 1.54) is 0 Å². The molecule has 1 aromatic rings. The largest absolute Gasteiger partial charge is 0.481 e. The van der Waals surface area contributed by atoms with Crippen molar-refractivity contribution in [3.05, 3.63) is 29.6 Å². The molecule has 0 aliphatic heterocycles. The van der Waals surface area contributed by atoms with Gasteiger partial charge in [0.25, 0.3) is 5.91 Å². The molecule has 1 heterocycles. The Hall–Kier alpha value is -1.91. The fourth-order valence-corrected chi connectivity index (χ4v) is 2.08. The second-order valence-electron chi connectivity index (χ2n) is 6.22. The van der Waals surface area contributed by atoms with Gasteiger partial charge in [0.2, 0.25) is 0 Å². The SMILES string of the molecule is Cc1cc(C(=O)NC(CC(=O)O)CC(C)(C)C)ccn1. The molecule has 2 N–H and O–H groups in total. The highest BCUT2D eigenvalue weighted by Crippen LogP contribution is 2.22. The summed E-state index contributed by atoms with van der Waals surface area (Å²) in [4.78, 5) is 27.1. The standard InChI is InChI=1S/C15H22N2O3/c1-10-7-11(5-6-16-10)14(20)17-12(8-13(18)19)9-15(2,3)4/h5-7,12H,8-9H2,1-4H3,(H,17,20)(H,18,19). The molecule has 1 amide bonds. The van der Waals surface area contributed by atoms with E-state index in [-0.39, 0.29) is 23.8 Å². The molecule has 1 atom stereocenters. The number of hydrogen-bond donors (Lipinski definition) is 2. The van der Waals surface area contributed by atoms with Gasteiger partial charge in [0.1, 0.15) is 0 Å². The molecule has 20 heavy (non-hydrogen) atoms. The molecule has 0 spiro atoms. The van der Waals surface area contributed by atoms with Crippen molar-refractivity contribution in [3.63, 3.8) is 0 Å². The number of aryl methyl sites for hydroxylation is 1. The monoisotopic (exact) mass is 278 g/mol. The fourth-order valence-electron chi connectivity index (χ4n) is 2.08. The highest BCUT2D eigenvalue weighted by atomic mass is 16.4. The van der Waals surface area contributed by atoms with Crippen LogP contribution in [0.2, 0.25) is 0 Å². The minimum atomic E-state index is -0.912. The van der Waals surface area contributed by atoms with Gasteiger partial charge in [0, 0.05) is 23.5 Å². The van der Waals surface area contributed by atoms with E-state index >= 15 is 0 Å². The van der Waals surface area contributed by atoms with Crippen LogP contribution in [-0.4, -0.2) is 28.0 Å². The minimum absolute atomic E-state index is 0.0540. The third-order valence-electron chi connectivity index (χ3n) is 2.77. The van der Waals surface area contributed by atoms with Crippen LogP contribution in [0.15, 0.2) is 18.3 Å². The number of aromatic nitrogens is 1. The number of amides is 1. The maximum Gasteiger partial charge on any atom is 0.305 e. The van der Waals surface area contributed by atoms with Gasteiger partial charge >= 0.3 is 5.97 Å². The molecular formula is C15H22N2O3. The Morgan fingerprint density at radius 1 is 1.40 bits per heavy atom. The summed E-state index contributed by atoms with van der Waals surface area (Å²) in [7, 11) is 0. The zero-order valence-corrected chi connectivity index (χ0v) is 12.4. The number of pyridine rings is 1. The first-order chi connectivity index (χ1) is 9.17. The molecular weight excluding hydrogens is 256 g/mol. The van der Waals surface area contributed by atoms with Crippen LogP contribution < -0.4 is 5.32 Å². The smallest absolute Gasteiger partial charge is 0.305 e. The first-order valence-electron chi connectivity index (χ1n) is 6.63. The van der Waals surface area contributed by atoms with E-state index in [1.54, 1.807) is 25.3 Å². The van der Waals surface area contributed by atoms with E-state index < -0.39 is 5.97 Å². The van der Waals surface area contributed by atoms with Gasteiger partial charge in [-0.15, -0.1) is 0 Å². The third-order valence-corrected chi connectivity index (χ3v) is 2.77. The Morgan fingerprint density at radius 2 is 2.05 bits per heavy atom. The number of hydrogen-bond acceptors (Lipinski definition) is 3. The van der Waals surface area contributed by atoms with Gasteiger partial charge in [-0.2, -0.15) is 0 Å². The van der Waals surface area contributed by atoms with Gasteiger partial charge in [-0.25, -0.2) is 0 Å². The van der Waals surface area contributed by atoms with Crippen molar-refractivity contribution in [1.82, 2.24) is 10.3 Å². The molecule has 0 saturated carbocycles. The molecule has 0 saturated heterocycles. The van der Waals surface area contributed by atoms with Crippen LogP contribution >= 0.6 is 0 Å². The predicted molar refractivity (Wildman–Crippen MR) is 76.6 cm³/mol. The zero-order chi connectivity index (χ0) is 15.3. The summed E-state index contributed by atoms with van der Waals surface area (Å²) < 4.78 is 0. The second-order valence-corrected chi connectivity index (χ2v) is 6.22. The molecule has 5 heteroatoms. The number of aliphatic carboxylic acids is 1. The molecule has 5 nitrogen and oxygen atoms in total. The molecule has 1 unspecified atom stereocenters. The number of nitrogens with one attached hydrogen (secondary N) is 1. The van der Waals surface area contributed by atoms with Gasteiger partial charge in [-0.05, 0) is 30.9 Å². The van der Waals surface area contributed by atoms with Crippen molar-refractivity contribution in [3.8, 4) is 0 Å². The van der Waals surface area contributed by atoms with Gasteiger partial charge in [-0.1, -0.05) is 20.8 Å². The van der Waals surface area contributed by atoms with Crippen molar-refractivity contribution in [2.45, 2.75) is 46.6 Å². The molecule has 0 radical (unpaired) electrons. The van der Waals surface area contributed by atoms with E-state index in [4.69, 9.17) is 5.11 Å². The second kappa shape index (κ2) is 6.50. The van der Waals surface area contributed by atoms with Crippen LogP contribution in [0.5, 0.6) is 0 Å². The summed E-state index contributed by atoms with van der Waals surface area (Å²) >= 11 is 0. The molecule has 0 aliphatic carbocycles. The summed E-state index contributed by atoms with van der Waals surface area (Å²) in [6, 6.07) is 2.93. The third kappa shape index (κ3) is 5.82. The van der Waals surface area contributed by atoms with Gasteiger partial charge < -0.3 is 10.4 Å². The molecule has 0 aliphatic rings. The number of nitrogens with zero attached hydrogens (tertiary/aromatic N) is 1.